The summed E-state index contributed by atoms with van der Waals surface area (Å²) in [6.45, 7) is 2.76. The fraction of sp³-hybridized carbons (Fsp3) is 0.476. The van der Waals surface area contributed by atoms with E-state index in [4.69, 9.17) is 9.47 Å². The summed E-state index contributed by atoms with van der Waals surface area (Å²) >= 11 is 0. The molecule has 0 bridgehead atoms. The molecule has 0 spiro atoms. The Morgan fingerprint density at radius 3 is 2.83 bits per heavy atom. The zero-order chi connectivity index (χ0) is 20.5. The van der Waals surface area contributed by atoms with E-state index in [-0.39, 0.29) is 11.9 Å². The number of allylic oxidation sites excluding steroid dienone is 1. The quantitative estimate of drug-likeness (QED) is 0.562. The highest BCUT2D eigenvalue weighted by Gasteiger charge is 2.12. The van der Waals surface area contributed by atoms with Crippen molar-refractivity contribution in [1.82, 2.24) is 20.6 Å². The van der Waals surface area contributed by atoms with Crippen LogP contribution in [0.1, 0.15) is 18.4 Å². The summed E-state index contributed by atoms with van der Waals surface area (Å²) in [5.41, 5.74) is 2.90. The maximum absolute atomic E-state index is 14.3. The molecular formula is C21H28FN5O2. The van der Waals surface area contributed by atoms with Gasteiger partial charge in [0.2, 0.25) is 5.88 Å². The standard InChI is InChI=1S/C21H28FN5O2/c1-28-16(13-24-11-15-5-3-4-9-25-15)12-23-10-8-17-18(22)14-26-19-6-7-20(29-2)27-21(17)19/h4,6-7,9,14,16,23-24H,3,5,8,10-13H2,1-2H3. The van der Waals surface area contributed by atoms with E-state index in [0.29, 0.717) is 42.0 Å². The number of rotatable bonds is 11. The highest BCUT2D eigenvalue weighted by Crippen LogP contribution is 2.21. The molecule has 29 heavy (non-hydrogen) atoms. The Labute approximate surface area is 170 Å². The van der Waals surface area contributed by atoms with Crippen LogP contribution in [0.25, 0.3) is 11.0 Å². The third-order valence-corrected chi connectivity index (χ3v) is 4.87. The van der Waals surface area contributed by atoms with Crippen molar-refractivity contribution >= 4 is 16.7 Å². The van der Waals surface area contributed by atoms with Crippen LogP contribution in [-0.4, -0.2) is 62.2 Å². The predicted octanol–water partition coefficient (Wildman–Crippen LogP) is 2.26. The van der Waals surface area contributed by atoms with E-state index in [0.717, 1.165) is 25.9 Å². The second-order valence-electron chi connectivity index (χ2n) is 6.87. The van der Waals surface area contributed by atoms with Gasteiger partial charge in [-0.05, 0) is 31.9 Å². The number of halogens is 1. The van der Waals surface area contributed by atoms with Crippen LogP contribution in [-0.2, 0) is 11.2 Å². The number of nitrogens with one attached hydrogen (secondary N) is 2. The molecule has 0 aliphatic carbocycles. The summed E-state index contributed by atoms with van der Waals surface area (Å²) in [5.74, 6) is 0.0926. The molecule has 0 fully saturated rings. The van der Waals surface area contributed by atoms with E-state index in [2.05, 4.69) is 31.7 Å². The largest absolute Gasteiger partial charge is 0.481 e. The maximum atomic E-state index is 14.3. The molecule has 0 aromatic carbocycles. The number of pyridine rings is 2. The van der Waals surface area contributed by atoms with Crippen LogP contribution in [0.5, 0.6) is 5.88 Å². The fourth-order valence-electron chi connectivity index (χ4n) is 3.20. The second kappa shape index (κ2) is 10.9. The van der Waals surface area contributed by atoms with Crippen LogP contribution in [0.2, 0.25) is 0 Å². The third-order valence-electron chi connectivity index (χ3n) is 4.87. The van der Waals surface area contributed by atoms with Crippen LogP contribution < -0.4 is 15.4 Å². The van der Waals surface area contributed by atoms with Crippen molar-refractivity contribution in [3.8, 4) is 5.88 Å². The van der Waals surface area contributed by atoms with Gasteiger partial charge in [0.1, 0.15) is 5.82 Å². The molecule has 156 valence electrons. The lowest BCUT2D eigenvalue weighted by molar-refractivity contribution is 0.102. The molecule has 0 amide bonds. The van der Waals surface area contributed by atoms with Gasteiger partial charge in [0, 0.05) is 50.3 Å². The van der Waals surface area contributed by atoms with Gasteiger partial charge in [-0.15, -0.1) is 0 Å². The van der Waals surface area contributed by atoms with Crippen molar-refractivity contribution in [3.05, 3.63) is 42.0 Å². The Kier molecular flexibility index (Phi) is 8.03. The number of hydrogen-bond acceptors (Lipinski definition) is 7. The minimum Gasteiger partial charge on any atom is -0.481 e. The molecule has 3 rings (SSSR count). The first-order chi connectivity index (χ1) is 14.2. The maximum Gasteiger partial charge on any atom is 0.213 e. The lowest BCUT2D eigenvalue weighted by atomic mass is 10.1. The first-order valence-corrected chi connectivity index (χ1v) is 9.84. The average molecular weight is 401 g/mol. The number of aliphatic imine (C=N–C) groups is 1. The molecule has 0 saturated carbocycles. The molecule has 2 aromatic heterocycles. The molecule has 2 aromatic rings. The minimum absolute atomic E-state index is 0.0204. The van der Waals surface area contributed by atoms with Crippen LogP contribution in [0.15, 0.2) is 35.6 Å². The number of nitrogens with zero attached hydrogens (tertiary/aromatic N) is 3. The van der Waals surface area contributed by atoms with Crippen molar-refractivity contribution in [2.45, 2.75) is 25.4 Å². The molecule has 1 unspecified atom stereocenters. The van der Waals surface area contributed by atoms with Crippen LogP contribution in [0.4, 0.5) is 4.39 Å². The lowest BCUT2D eigenvalue weighted by Gasteiger charge is -2.18. The molecule has 0 radical (unpaired) electrons. The van der Waals surface area contributed by atoms with Crippen LogP contribution in [0, 0.1) is 5.82 Å². The molecule has 3 heterocycles. The van der Waals surface area contributed by atoms with Gasteiger partial charge in [0.05, 0.1) is 30.4 Å². The Morgan fingerprint density at radius 2 is 2.07 bits per heavy atom. The first kappa shape index (κ1) is 21.3. The molecule has 1 aliphatic heterocycles. The minimum atomic E-state index is -0.354. The smallest absolute Gasteiger partial charge is 0.213 e. The van der Waals surface area contributed by atoms with Crippen LogP contribution >= 0.6 is 0 Å². The number of ether oxygens (including phenoxy) is 2. The Morgan fingerprint density at radius 1 is 1.21 bits per heavy atom. The fourth-order valence-corrected chi connectivity index (χ4v) is 3.20. The molecule has 8 heteroatoms. The summed E-state index contributed by atoms with van der Waals surface area (Å²) in [6, 6.07) is 3.51. The molecule has 2 N–H and O–H groups in total. The summed E-state index contributed by atoms with van der Waals surface area (Å²) < 4.78 is 25.0. The lowest BCUT2D eigenvalue weighted by Crippen LogP contribution is -2.39. The van der Waals surface area contributed by atoms with Crippen molar-refractivity contribution in [3.63, 3.8) is 0 Å². The van der Waals surface area contributed by atoms with Crippen molar-refractivity contribution in [1.29, 1.82) is 0 Å². The third kappa shape index (κ3) is 6.03. The van der Waals surface area contributed by atoms with E-state index >= 15 is 0 Å². The number of methoxy groups -OCH3 is 2. The van der Waals surface area contributed by atoms with Gasteiger partial charge in [0.25, 0.3) is 0 Å². The van der Waals surface area contributed by atoms with Crippen LogP contribution in [0.3, 0.4) is 0 Å². The zero-order valence-corrected chi connectivity index (χ0v) is 16.9. The molecule has 7 nitrogen and oxygen atoms in total. The zero-order valence-electron chi connectivity index (χ0n) is 16.9. The molecule has 1 atom stereocenters. The van der Waals surface area contributed by atoms with E-state index < -0.39 is 0 Å². The summed E-state index contributed by atoms with van der Waals surface area (Å²) in [6.07, 6.45) is 7.76. The van der Waals surface area contributed by atoms with Gasteiger partial charge in [-0.2, -0.15) is 0 Å². The Bertz CT molecular complexity index is 872. The van der Waals surface area contributed by atoms with Gasteiger partial charge < -0.3 is 20.1 Å². The number of aromatic nitrogens is 2. The number of hydrogen-bond donors (Lipinski definition) is 2. The van der Waals surface area contributed by atoms with Gasteiger partial charge in [-0.25, -0.2) is 9.37 Å². The summed E-state index contributed by atoms with van der Waals surface area (Å²) in [5, 5.41) is 6.73. The second-order valence-corrected chi connectivity index (χ2v) is 6.87. The predicted molar refractivity (Wildman–Crippen MR) is 112 cm³/mol. The molecule has 1 aliphatic rings. The highest BCUT2D eigenvalue weighted by atomic mass is 19.1. The molecular weight excluding hydrogens is 373 g/mol. The van der Waals surface area contributed by atoms with E-state index in [9.17, 15) is 4.39 Å². The van der Waals surface area contributed by atoms with Gasteiger partial charge in [-0.1, -0.05) is 6.08 Å². The monoisotopic (exact) mass is 401 g/mol. The normalized spacial score (nSPS) is 14.8. The summed E-state index contributed by atoms with van der Waals surface area (Å²) in [4.78, 5) is 12.8. The topological polar surface area (TPSA) is 80.7 Å². The van der Waals surface area contributed by atoms with Crippen molar-refractivity contribution < 1.29 is 13.9 Å². The van der Waals surface area contributed by atoms with Crippen molar-refractivity contribution in [2.24, 2.45) is 4.99 Å². The Balaban J connectivity index is 1.48. The van der Waals surface area contributed by atoms with E-state index in [1.54, 1.807) is 26.4 Å². The van der Waals surface area contributed by atoms with Gasteiger partial charge in [-0.3, -0.25) is 9.98 Å². The highest BCUT2D eigenvalue weighted by molar-refractivity contribution is 5.87. The van der Waals surface area contributed by atoms with Crippen molar-refractivity contribution in [2.75, 3.05) is 40.4 Å². The van der Waals surface area contributed by atoms with Gasteiger partial charge >= 0.3 is 0 Å². The van der Waals surface area contributed by atoms with E-state index in [1.165, 1.54) is 11.9 Å². The SMILES string of the molecule is COc1ccc2ncc(F)c(CCNCC(CNCC3=NC=CCC3)OC)c2n1. The number of fused-ring (bicyclic) bond motifs is 1. The first-order valence-electron chi connectivity index (χ1n) is 9.84. The van der Waals surface area contributed by atoms with Gasteiger partial charge in [0.15, 0.2) is 0 Å². The Hall–Kier alpha value is -2.42. The molecule has 0 saturated heterocycles. The average Bonchev–Trinajstić information content (AvgIpc) is 2.76. The summed E-state index contributed by atoms with van der Waals surface area (Å²) in [7, 11) is 3.24. The van der Waals surface area contributed by atoms with E-state index in [1.807, 2.05) is 6.20 Å².